The van der Waals surface area contributed by atoms with Crippen LogP contribution in [0.1, 0.15) is 142 Å². The maximum atomic E-state index is 14.1. The van der Waals surface area contributed by atoms with Gasteiger partial charge in [0, 0.05) is 71.8 Å². The van der Waals surface area contributed by atoms with Crippen LogP contribution >= 0.6 is 7.92 Å². The van der Waals surface area contributed by atoms with E-state index in [-0.39, 0.29) is 38.5 Å². The summed E-state index contributed by atoms with van der Waals surface area (Å²) in [7, 11) is -2.99. The molecule has 3 radical (unpaired) electrons. The fourth-order valence-electron chi connectivity index (χ4n) is 9.78. The van der Waals surface area contributed by atoms with Gasteiger partial charge in [-0.25, -0.2) is 14.4 Å². The van der Waals surface area contributed by atoms with E-state index in [1.165, 1.54) is 0 Å². The Bertz CT molecular complexity index is 1030. The van der Waals surface area contributed by atoms with Gasteiger partial charge in [0.25, 0.3) is 0 Å². The molecule has 0 aromatic heterocycles. The van der Waals surface area contributed by atoms with Crippen molar-refractivity contribution in [3.63, 3.8) is 0 Å². The van der Waals surface area contributed by atoms with Crippen molar-refractivity contribution in [3.8, 4) is 0 Å². The molecule has 0 saturated carbocycles. The lowest BCUT2D eigenvalue weighted by Crippen LogP contribution is -2.64. The number of hydroxylamine groups is 6. The summed E-state index contributed by atoms with van der Waals surface area (Å²) in [5.41, 5.74) is -12.1. The Morgan fingerprint density at radius 1 is 0.391 bits per heavy atom. The van der Waals surface area contributed by atoms with E-state index in [4.69, 9.17) is 14.2 Å². The number of hydrogen-bond acceptors (Lipinski definition) is 9. The molecule has 0 bridgehead atoms. The number of rotatable bonds is 6. The zero-order chi connectivity index (χ0) is 35.9. The van der Waals surface area contributed by atoms with Gasteiger partial charge in [-0.3, -0.25) is 0 Å². The van der Waals surface area contributed by atoms with Crippen LogP contribution in [0.3, 0.4) is 0 Å². The third-order valence-electron chi connectivity index (χ3n) is 9.69. The first kappa shape index (κ1) is 39.0. The van der Waals surface area contributed by atoms with Gasteiger partial charge in [0.15, 0.2) is 0 Å². The molecule has 0 amide bonds. The van der Waals surface area contributed by atoms with Crippen LogP contribution in [0.2, 0.25) is 0 Å². The first-order chi connectivity index (χ1) is 20.2. The van der Waals surface area contributed by atoms with Crippen molar-refractivity contribution in [2.75, 3.05) is 0 Å². The highest BCUT2D eigenvalue weighted by molar-refractivity contribution is 8.00. The van der Waals surface area contributed by atoms with Gasteiger partial charge in [0.05, 0.1) is 0 Å². The molecule has 0 N–H and O–H groups in total. The standard InChI is InChI=1S/C33H57N3O9P/c1-25(2)16-31(13,17-26(3,4)34(25)40)43-22(37)46(23(38)44-32(14)18-27(5,6)35(41)28(7,8)19-32)24(39)45-33(15)20-29(9,10)36(42)30(11,12)21-33/h16-21H2,1-15H3. The predicted octanol–water partition coefficient (Wildman–Crippen LogP) is 8.15. The highest BCUT2D eigenvalue weighted by Gasteiger charge is 2.59. The average molecular weight is 671 g/mol. The van der Waals surface area contributed by atoms with Crippen molar-refractivity contribution in [1.82, 2.24) is 15.2 Å². The Kier molecular flexibility index (Phi) is 9.84. The highest BCUT2D eigenvalue weighted by Crippen LogP contribution is 2.54. The molecule has 0 atom stereocenters. The van der Waals surface area contributed by atoms with Crippen LogP contribution in [-0.2, 0) is 29.8 Å². The van der Waals surface area contributed by atoms with Gasteiger partial charge in [-0.1, -0.05) is 0 Å². The van der Waals surface area contributed by atoms with Crippen LogP contribution in [-0.4, -0.2) is 82.4 Å². The van der Waals surface area contributed by atoms with Gasteiger partial charge >= 0.3 is 17.1 Å². The summed E-state index contributed by atoms with van der Waals surface area (Å²) in [5.74, 6) is 0. The second kappa shape index (κ2) is 11.6. The summed E-state index contributed by atoms with van der Waals surface area (Å²) in [5, 5.41) is 42.1. The maximum absolute atomic E-state index is 14.1. The zero-order valence-corrected chi connectivity index (χ0v) is 31.6. The Hall–Kier alpha value is -1.40. The summed E-state index contributed by atoms with van der Waals surface area (Å²) in [6.45, 7) is 26.3. The molecule has 12 nitrogen and oxygen atoms in total. The number of carbonyl (C=O) groups excluding carboxylic acids is 3. The first-order valence-electron chi connectivity index (χ1n) is 16.1. The molecule has 0 unspecified atom stereocenters. The number of hydrogen-bond donors (Lipinski definition) is 0. The molecule has 3 aliphatic heterocycles. The molecule has 0 aromatic carbocycles. The molecule has 3 rings (SSSR count). The number of piperidine rings is 3. The van der Waals surface area contributed by atoms with Gasteiger partial charge in [-0.2, -0.15) is 0 Å². The van der Waals surface area contributed by atoms with Gasteiger partial charge in [-0.15, -0.1) is 30.8 Å². The minimum Gasteiger partial charge on any atom is -0.455 e. The number of ether oxygens (including phenoxy) is 3. The SMILES string of the molecule is CC1(OC(=O)P(C(=O)OC2(C)CC(C)(C)N([O])C(C)(C)C2)C(=O)OC2(C)CC(C)(C)N([O])C(C)(C)C2)CC(C)(C)N([O])C(C)(C)C1. The largest absolute Gasteiger partial charge is 0.455 e. The topological polar surface area (TPSA) is 148 Å². The Morgan fingerprint density at radius 3 is 0.696 bits per heavy atom. The summed E-state index contributed by atoms with van der Waals surface area (Å²) in [6, 6.07) is 0. The summed E-state index contributed by atoms with van der Waals surface area (Å²) in [6.07, 6.45) is 1.03. The smallest absolute Gasteiger partial charge is 0.350 e. The third-order valence-corrected chi connectivity index (χ3v) is 11.1. The van der Waals surface area contributed by atoms with E-state index in [0.717, 1.165) is 15.2 Å². The first-order valence-corrected chi connectivity index (χ1v) is 17.5. The molecule has 0 aliphatic carbocycles. The van der Waals surface area contributed by atoms with Crippen molar-refractivity contribution >= 4 is 25.1 Å². The Labute approximate surface area is 276 Å². The summed E-state index contributed by atoms with van der Waals surface area (Å²) >= 11 is 0. The third kappa shape index (κ3) is 7.74. The molecule has 0 aromatic rings. The quantitative estimate of drug-likeness (QED) is 0.202. The minimum atomic E-state index is -2.99. The molecule has 3 aliphatic rings. The van der Waals surface area contributed by atoms with Gasteiger partial charge in [0.1, 0.15) is 16.8 Å². The fourth-order valence-corrected chi connectivity index (χ4v) is 11.2. The van der Waals surface area contributed by atoms with Crippen molar-refractivity contribution in [2.24, 2.45) is 0 Å². The van der Waals surface area contributed by atoms with Crippen molar-refractivity contribution in [2.45, 2.75) is 192 Å². The molecular weight excluding hydrogens is 613 g/mol. The molecular formula is C33H57N3O9P. The van der Waals surface area contributed by atoms with Gasteiger partial charge < -0.3 is 14.2 Å². The van der Waals surface area contributed by atoms with Gasteiger partial charge in [-0.05, 0) is 104 Å². The second-order valence-electron chi connectivity index (χ2n) is 18.6. The van der Waals surface area contributed by atoms with E-state index in [2.05, 4.69) is 0 Å². The van der Waals surface area contributed by atoms with E-state index in [1.54, 1.807) is 104 Å². The highest BCUT2D eigenvalue weighted by atomic mass is 31.1. The van der Waals surface area contributed by atoms with Crippen molar-refractivity contribution in [3.05, 3.63) is 0 Å². The van der Waals surface area contributed by atoms with Crippen molar-refractivity contribution in [1.29, 1.82) is 0 Å². The van der Waals surface area contributed by atoms with Crippen LogP contribution in [0, 0.1) is 0 Å². The summed E-state index contributed by atoms with van der Waals surface area (Å²) in [4.78, 5) is 42.3. The molecule has 263 valence electrons. The molecule has 13 heteroatoms. The van der Waals surface area contributed by atoms with Crippen LogP contribution in [0.5, 0.6) is 0 Å². The number of nitrogens with zero attached hydrogens (tertiary/aromatic N) is 3. The second-order valence-corrected chi connectivity index (χ2v) is 20.4. The van der Waals surface area contributed by atoms with E-state index in [9.17, 15) is 30.0 Å². The lowest BCUT2D eigenvalue weighted by atomic mass is 9.73. The lowest BCUT2D eigenvalue weighted by Gasteiger charge is -2.54. The number of carbonyl (C=O) groups is 3. The van der Waals surface area contributed by atoms with Crippen LogP contribution in [0.4, 0.5) is 14.4 Å². The average Bonchev–Trinajstić information content (AvgIpc) is 2.76. The van der Waals surface area contributed by atoms with Crippen LogP contribution < -0.4 is 0 Å². The zero-order valence-electron chi connectivity index (χ0n) is 30.7. The van der Waals surface area contributed by atoms with Crippen LogP contribution in [0.25, 0.3) is 0 Å². The predicted molar refractivity (Wildman–Crippen MR) is 171 cm³/mol. The van der Waals surface area contributed by atoms with Crippen LogP contribution in [0.15, 0.2) is 0 Å². The minimum absolute atomic E-state index is 0.171. The summed E-state index contributed by atoms with van der Waals surface area (Å²) < 4.78 is 18.2. The molecule has 0 spiro atoms. The Morgan fingerprint density at radius 2 is 0.543 bits per heavy atom. The molecule has 46 heavy (non-hydrogen) atoms. The van der Waals surface area contributed by atoms with E-state index >= 15 is 0 Å². The monoisotopic (exact) mass is 670 g/mol. The van der Waals surface area contributed by atoms with E-state index in [0.29, 0.717) is 0 Å². The Balaban J connectivity index is 1.99. The molecule has 3 saturated heterocycles. The molecule has 3 heterocycles. The van der Waals surface area contributed by atoms with Crippen molar-refractivity contribution < 1.29 is 44.2 Å². The molecule has 3 fully saturated rings. The normalized spacial score (nSPS) is 29.0. The van der Waals surface area contributed by atoms with E-state index < -0.39 is 75.1 Å². The maximum Gasteiger partial charge on any atom is 0.350 e. The fraction of sp³-hybridized carbons (Fsp3) is 0.909. The van der Waals surface area contributed by atoms with E-state index in [1.807, 2.05) is 0 Å². The lowest BCUT2D eigenvalue weighted by molar-refractivity contribution is -0.309. The van der Waals surface area contributed by atoms with Gasteiger partial charge in [0.2, 0.25) is 7.92 Å².